The normalized spacial score (nSPS) is 29.4. The highest BCUT2D eigenvalue weighted by atomic mass is 33.1. The topological polar surface area (TPSA) is 38.0 Å². The monoisotopic (exact) mass is 153 g/mol. The number of nitrogens with two attached hydrogens (primary N) is 1. The smallest absolute Gasteiger partial charge is 0.183 e. The van der Waals surface area contributed by atoms with Crippen molar-refractivity contribution in [2.75, 3.05) is 0 Å². The third-order valence-corrected chi connectivity index (χ3v) is 3.43. The first-order valence-corrected chi connectivity index (χ1v) is 4.68. The van der Waals surface area contributed by atoms with Crippen molar-refractivity contribution in [2.45, 2.75) is 0 Å². The largest absolute Gasteiger partial charge is 0.267 e. The van der Waals surface area contributed by atoms with Crippen LogP contribution in [0.3, 0.4) is 0 Å². The zero-order chi connectivity index (χ0) is 5.28. The number of hydrogen-bond donors (Lipinski definition) is 3. The van der Waals surface area contributed by atoms with Crippen LogP contribution in [0.1, 0.15) is 0 Å². The highest BCUT2D eigenvalue weighted by Crippen LogP contribution is 2.27. The number of thiol groups is 1. The highest BCUT2D eigenvalue weighted by Gasteiger charge is 2.21. The van der Waals surface area contributed by atoms with Crippen molar-refractivity contribution in [3.63, 3.8) is 0 Å². The van der Waals surface area contributed by atoms with Gasteiger partial charge in [0, 0.05) is 0 Å². The minimum Gasteiger partial charge on any atom is -0.183 e. The van der Waals surface area contributed by atoms with Crippen LogP contribution in [0.25, 0.3) is 0 Å². The van der Waals surface area contributed by atoms with Crippen LogP contribution in [0.4, 0.5) is 0 Å². The van der Waals surface area contributed by atoms with Crippen LogP contribution in [-0.2, 0) is 10.3 Å². The SMILES string of the molecule is N[S+]1NC=C(S)S1. The van der Waals surface area contributed by atoms with Gasteiger partial charge in [0.2, 0.25) is 0 Å². The van der Waals surface area contributed by atoms with Crippen molar-refractivity contribution >= 4 is 33.7 Å². The van der Waals surface area contributed by atoms with Crippen molar-refractivity contribution in [1.82, 2.24) is 4.72 Å². The first-order valence-electron chi connectivity index (χ1n) is 1.61. The minimum absolute atomic E-state index is 0.205. The van der Waals surface area contributed by atoms with Gasteiger partial charge in [0.05, 0.1) is 6.20 Å². The van der Waals surface area contributed by atoms with Crippen LogP contribution in [0.15, 0.2) is 10.4 Å². The van der Waals surface area contributed by atoms with Crippen LogP contribution in [0.5, 0.6) is 0 Å². The molecule has 3 N–H and O–H groups in total. The lowest BCUT2D eigenvalue weighted by Gasteiger charge is -1.80. The van der Waals surface area contributed by atoms with Crippen LogP contribution in [0.2, 0.25) is 0 Å². The third kappa shape index (κ3) is 1.49. The second-order valence-electron chi connectivity index (χ2n) is 0.981. The van der Waals surface area contributed by atoms with E-state index in [2.05, 4.69) is 17.4 Å². The van der Waals surface area contributed by atoms with Crippen molar-refractivity contribution in [3.8, 4) is 0 Å². The van der Waals surface area contributed by atoms with Gasteiger partial charge in [0.25, 0.3) is 10.3 Å². The van der Waals surface area contributed by atoms with Crippen LogP contribution in [-0.4, -0.2) is 0 Å². The Bertz CT molecular complexity index is 101. The molecule has 1 aliphatic rings. The summed E-state index contributed by atoms with van der Waals surface area (Å²) < 4.78 is 3.86. The summed E-state index contributed by atoms with van der Waals surface area (Å²) in [5.74, 6) is 0. The standard InChI is InChI=1S/C2H4N2S3/c3-7-4-1-2(5)6-7/h1,5H,(H2,3,4)/p+1. The predicted molar refractivity (Wildman–Crippen MR) is 39.3 cm³/mol. The first-order chi connectivity index (χ1) is 3.29. The molecule has 5 heteroatoms. The molecule has 0 bridgehead atoms. The Morgan fingerprint density at radius 2 is 2.71 bits per heavy atom. The van der Waals surface area contributed by atoms with E-state index in [0.717, 1.165) is 4.24 Å². The maximum absolute atomic E-state index is 5.40. The van der Waals surface area contributed by atoms with Gasteiger partial charge in [-0.3, -0.25) is 0 Å². The van der Waals surface area contributed by atoms with Gasteiger partial charge in [0.1, 0.15) is 4.24 Å². The number of rotatable bonds is 0. The average molecular weight is 153 g/mol. The Morgan fingerprint density at radius 3 is 2.86 bits per heavy atom. The zero-order valence-corrected chi connectivity index (χ0v) is 5.95. The Balaban J connectivity index is 2.42. The van der Waals surface area contributed by atoms with E-state index in [1.807, 2.05) is 0 Å². The van der Waals surface area contributed by atoms with Gasteiger partial charge in [0.15, 0.2) is 10.8 Å². The molecule has 0 spiro atoms. The fraction of sp³-hybridized carbons (Fsp3) is 0. The van der Waals surface area contributed by atoms with Gasteiger partial charge in [-0.25, -0.2) is 0 Å². The summed E-state index contributed by atoms with van der Waals surface area (Å²) in [5.41, 5.74) is 0. The maximum Gasteiger partial charge on any atom is 0.267 e. The molecular weight excluding hydrogens is 148 g/mol. The molecule has 0 radical (unpaired) electrons. The molecule has 0 fully saturated rings. The Labute approximate surface area is 54.3 Å². The molecular formula is C2H5N2S3+. The molecule has 0 saturated heterocycles. The van der Waals surface area contributed by atoms with Gasteiger partial charge in [-0.05, 0) is 0 Å². The zero-order valence-electron chi connectivity index (χ0n) is 3.42. The molecule has 1 unspecified atom stereocenters. The summed E-state index contributed by atoms with van der Waals surface area (Å²) in [7, 11) is 1.33. The molecule has 0 saturated carbocycles. The van der Waals surface area contributed by atoms with Gasteiger partial charge < -0.3 is 0 Å². The van der Waals surface area contributed by atoms with E-state index in [-0.39, 0.29) is 10.3 Å². The molecule has 0 aromatic carbocycles. The number of nitrogens with one attached hydrogen (secondary N) is 1. The maximum atomic E-state index is 5.40. The Kier molecular flexibility index (Phi) is 1.80. The first kappa shape index (κ1) is 5.68. The summed E-state index contributed by atoms with van der Waals surface area (Å²) in [6.07, 6.45) is 1.80. The molecule has 0 amide bonds. The molecule has 7 heavy (non-hydrogen) atoms. The predicted octanol–water partition coefficient (Wildman–Crippen LogP) is 0.374. The van der Waals surface area contributed by atoms with Crippen LogP contribution < -0.4 is 9.86 Å². The molecule has 1 atom stereocenters. The molecule has 1 aliphatic heterocycles. The van der Waals surface area contributed by atoms with Crippen LogP contribution >= 0.6 is 23.4 Å². The van der Waals surface area contributed by atoms with E-state index in [1.54, 1.807) is 17.0 Å². The Hall–Kier alpha value is 0.550. The van der Waals surface area contributed by atoms with E-state index in [0.29, 0.717) is 0 Å². The molecule has 0 aromatic rings. The lowest BCUT2D eigenvalue weighted by molar-refractivity contribution is 1.42. The summed E-state index contributed by atoms with van der Waals surface area (Å²) in [6, 6.07) is 0. The second-order valence-corrected chi connectivity index (χ2v) is 4.78. The van der Waals surface area contributed by atoms with E-state index in [4.69, 9.17) is 5.14 Å². The number of hydrogen-bond acceptors (Lipinski definition) is 4. The van der Waals surface area contributed by atoms with Crippen molar-refractivity contribution in [3.05, 3.63) is 10.4 Å². The summed E-state index contributed by atoms with van der Waals surface area (Å²) in [5, 5.41) is 5.40. The van der Waals surface area contributed by atoms with E-state index in [1.165, 1.54) is 0 Å². The van der Waals surface area contributed by atoms with Gasteiger partial charge in [-0.1, -0.05) is 0 Å². The lowest BCUT2D eigenvalue weighted by atomic mass is 11.1. The average Bonchev–Trinajstić information content (AvgIpc) is 1.87. The highest BCUT2D eigenvalue weighted by molar-refractivity contribution is 8.76. The van der Waals surface area contributed by atoms with Crippen LogP contribution in [0, 0.1) is 0 Å². The summed E-state index contributed by atoms with van der Waals surface area (Å²) in [6.45, 7) is 0. The van der Waals surface area contributed by atoms with E-state index in [9.17, 15) is 0 Å². The fourth-order valence-corrected chi connectivity index (χ4v) is 2.76. The van der Waals surface area contributed by atoms with Crippen molar-refractivity contribution in [1.29, 1.82) is 0 Å². The van der Waals surface area contributed by atoms with E-state index >= 15 is 0 Å². The Morgan fingerprint density at radius 1 is 2.00 bits per heavy atom. The molecule has 0 aliphatic carbocycles. The minimum atomic E-state index is -0.205. The van der Waals surface area contributed by atoms with Gasteiger partial charge in [-0.15, -0.1) is 17.8 Å². The molecule has 0 aromatic heterocycles. The van der Waals surface area contributed by atoms with E-state index < -0.39 is 0 Å². The molecule has 40 valence electrons. The fourth-order valence-electron chi connectivity index (χ4n) is 0.249. The van der Waals surface area contributed by atoms with Crippen molar-refractivity contribution < 1.29 is 0 Å². The van der Waals surface area contributed by atoms with Gasteiger partial charge in [-0.2, -0.15) is 4.72 Å². The molecule has 2 nitrogen and oxygen atoms in total. The second kappa shape index (κ2) is 2.21. The molecule has 1 rings (SSSR count). The summed E-state index contributed by atoms with van der Waals surface area (Å²) in [4.78, 5) is 0. The third-order valence-electron chi connectivity index (χ3n) is 0.474. The molecule has 1 heterocycles. The van der Waals surface area contributed by atoms with Gasteiger partial charge >= 0.3 is 0 Å². The lowest BCUT2D eigenvalue weighted by Crippen LogP contribution is -2.18. The van der Waals surface area contributed by atoms with Crippen molar-refractivity contribution in [2.24, 2.45) is 5.14 Å². The summed E-state index contributed by atoms with van der Waals surface area (Å²) >= 11 is 4.04. The quantitative estimate of drug-likeness (QED) is 0.267.